The first kappa shape index (κ1) is 13.1. The molecule has 1 heterocycles. The minimum absolute atomic E-state index is 0.254. The van der Waals surface area contributed by atoms with Gasteiger partial charge in [-0.1, -0.05) is 33.8 Å². The summed E-state index contributed by atoms with van der Waals surface area (Å²) in [6.45, 7) is 8.98. The Kier molecular flexibility index (Phi) is 4.68. The second-order valence-corrected chi connectivity index (χ2v) is 7.30. The molecule has 1 aromatic heterocycles. The number of hydrogen-bond acceptors (Lipinski definition) is 3. The number of thioether (sulfide) groups is 1. The van der Waals surface area contributed by atoms with E-state index in [-0.39, 0.29) is 11.5 Å². The van der Waals surface area contributed by atoms with E-state index in [0.29, 0.717) is 5.25 Å². The van der Waals surface area contributed by atoms with Gasteiger partial charge in [0.15, 0.2) is 0 Å². The highest BCUT2D eigenvalue weighted by molar-refractivity contribution is 8.01. The molecule has 0 aromatic carbocycles. The van der Waals surface area contributed by atoms with Crippen molar-refractivity contribution >= 4 is 23.1 Å². The van der Waals surface area contributed by atoms with E-state index < -0.39 is 0 Å². The highest BCUT2D eigenvalue weighted by atomic mass is 32.2. The van der Waals surface area contributed by atoms with E-state index in [1.54, 1.807) is 11.3 Å². The molecule has 1 aromatic rings. The Hall–Kier alpha value is 0.01000. The third-order valence-electron chi connectivity index (χ3n) is 2.45. The van der Waals surface area contributed by atoms with E-state index in [9.17, 15) is 0 Å². The molecule has 0 aliphatic carbocycles. The van der Waals surface area contributed by atoms with Crippen molar-refractivity contribution in [2.45, 2.75) is 49.6 Å². The molecule has 0 saturated carbocycles. The number of nitrogens with two attached hydrogens (primary N) is 1. The molecule has 86 valence electrons. The summed E-state index contributed by atoms with van der Waals surface area (Å²) >= 11 is 3.73. The van der Waals surface area contributed by atoms with Gasteiger partial charge in [0.25, 0.3) is 0 Å². The van der Waals surface area contributed by atoms with Gasteiger partial charge >= 0.3 is 0 Å². The van der Waals surface area contributed by atoms with Gasteiger partial charge in [-0.2, -0.15) is 0 Å². The Morgan fingerprint density at radius 2 is 2.13 bits per heavy atom. The molecule has 2 N–H and O–H groups in total. The van der Waals surface area contributed by atoms with Crippen molar-refractivity contribution < 1.29 is 0 Å². The molecule has 0 bridgehead atoms. The largest absolute Gasteiger partial charge is 0.327 e. The second kappa shape index (κ2) is 5.37. The van der Waals surface area contributed by atoms with Crippen LogP contribution in [-0.2, 0) is 0 Å². The van der Waals surface area contributed by atoms with Crippen molar-refractivity contribution in [2.24, 2.45) is 11.1 Å². The zero-order valence-electron chi connectivity index (χ0n) is 9.99. The molecule has 0 aliphatic rings. The van der Waals surface area contributed by atoms with Crippen LogP contribution in [0.25, 0.3) is 0 Å². The highest BCUT2D eigenvalue weighted by Gasteiger charge is 2.30. The van der Waals surface area contributed by atoms with Gasteiger partial charge in [-0.15, -0.1) is 23.1 Å². The third-order valence-corrected chi connectivity index (χ3v) is 5.37. The fourth-order valence-electron chi connectivity index (χ4n) is 1.58. The molecule has 0 amide bonds. The fraction of sp³-hybridized carbons (Fsp3) is 0.667. The average molecular weight is 243 g/mol. The van der Waals surface area contributed by atoms with Gasteiger partial charge in [0.2, 0.25) is 0 Å². The summed E-state index contributed by atoms with van der Waals surface area (Å²) in [5.41, 5.74) is 6.46. The molecule has 0 radical (unpaired) electrons. The zero-order valence-corrected chi connectivity index (χ0v) is 11.6. The summed E-state index contributed by atoms with van der Waals surface area (Å²) < 4.78 is 1.37. The third kappa shape index (κ3) is 3.82. The molecule has 1 rings (SSSR count). The topological polar surface area (TPSA) is 26.0 Å². The van der Waals surface area contributed by atoms with Gasteiger partial charge in [-0.05, 0) is 23.3 Å². The second-order valence-electron chi connectivity index (χ2n) is 4.91. The molecule has 0 saturated heterocycles. The number of thiophene rings is 1. The van der Waals surface area contributed by atoms with E-state index >= 15 is 0 Å². The molecule has 0 fully saturated rings. The maximum Gasteiger partial charge on any atom is 0.0601 e. The van der Waals surface area contributed by atoms with Crippen LogP contribution >= 0.6 is 23.1 Å². The Labute approximate surface area is 101 Å². The standard InChI is InChI=1S/C12H21NS2/c1-5-9(13)11(12(2,3)4)15-10-7-6-8-14-10/h6-9,11H,5,13H2,1-4H3. The first-order valence-electron chi connectivity index (χ1n) is 5.41. The molecule has 2 atom stereocenters. The van der Waals surface area contributed by atoms with Gasteiger partial charge in [0.05, 0.1) is 4.21 Å². The summed E-state index contributed by atoms with van der Waals surface area (Å²) in [5, 5.41) is 2.61. The molecule has 2 unspecified atom stereocenters. The maximum atomic E-state index is 6.20. The molecule has 1 nitrogen and oxygen atoms in total. The fourth-order valence-corrected chi connectivity index (χ4v) is 3.85. The van der Waals surface area contributed by atoms with Crippen molar-refractivity contribution in [3.05, 3.63) is 17.5 Å². The van der Waals surface area contributed by atoms with Crippen molar-refractivity contribution in [2.75, 3.05) is 0 Å². The van der Waals surface area contributed by atoms with E-state index in [0.717, 1.165) is 6.42 Å². The molecule has 3 heteroatoms. The van der Waals surface area contributed by atoms with Crippen LogP contribution in [0.1, 0.15) is 34.1 Å². The van der Waals surface area contributed by atoms with Crippen LogP contribution in [0.4, 0.5) is 0 Å². The lowest BCUT2D eigenvalue weighted by Gasteiger charge is -2.34. The van der Waals surface area contributed by atoms with Crippen LogP contribution in [0.15, 0.2) is 21.7 Å². The van der Waals surface area contributed by atoms with E-state index in [1.807, 2.05) is 11.8 Å². The minimum Gasteiger partial charge on any atom is -0.327 e. The van der Waals surface area contributed by atoms with Crippen LogP contribution in [0.5, 0.6) is 0 Å². The summed E-state index contributed by atoms with van der Waals surface area (Å²) in [7, 11) is 0. The smallest absolute Gasteiger partial charge is 0.0601 e. The van der Waals surface area contributed by atoms with Crippen molar-refractivity contribution in [3.63, 3.8) is 0 Å². The zero-order chi connectivity index (χ0) is 11.5. The Balaban J connectivity index is 2.74. The van der Waals surface area contributed by atoms with Gasteiger partial charge in [-0.25, -0.2) is 0 Å². The van der Waals surface area contributed by atoms with Crippen LogP contribution in [0.3, 0.4) is 0 Å². The van der Waals surface area contributed by atoms with Crippen LogP contribution in [0, 0.1) is 5.41 Å². The molecule has 0 spiro atoms. The van der Waals surface area contributed by atoms with Gasteiger partial charge < -0.3 is 5.73 Å². The predicted octanol–water partition coefficient (Wildman–Crippen LogP) is 3.99. The average Bonchev–Trinajstić information content (AvgIpc) is 2.63. The SMILES string of the molecule is CCC(N)C(Sc1cccs1)C(C)(C)C. The number of hydrogen-bond donors (Lipinski definition) is 1. The highest BCUT2D eigenvalue weighted by Crippen LogP contribution is 2.39. The Bertz CT molecular complexity index is 274. The summed E-state index contributed by atoms with van der Waals surface area (Å²) in [6, 6.07) is 4.55. The van der Waals surface area contributed by atoms with E-state index in [4.69, 9.17) is 5.73 Å². The van der Waals surface area contributed by atoms with Crippen LogP contribution < -0.4 is 5.73 Å². The first-order valence-corrected chi connectivity index (χ1v) is 7.16. The number of rotatable bonds is 4. The summed E-state index contributed by atoms with van der Waals surface area (Å²) in [4.78, 5) is 0. The van der Waals surface area contributed by atoms with E-state index in [2.05, 4.69) is 45.2 Å². The lowest BCUT2D eigenvalue weighted by Crippen LogP contribution is -2.40. The van der Waals surface area contributed by atoms with Crippen LogP contribution in [0.2, 0.25) is 0 Å². The van der Waals surface area contributed by atoms with Crippen LogP contribution in [-0.4, -0.2) is 11.3 Å². The van der Waals surface area contributed by atoms with Gasteiger partial charge in [0, 0.05) is 11.3 Å². The van der Waals surface area contributed by atoms with Crippen molar-refractivity contribution in [1.82, 2.24) is 0 Å². The summed E-state index contributed by atoms with van der Waals surface area (Å²) in [5.74, 6) is 0. The Morgan fingerprint density at radius 1 is 1.47 bits per heavy atom. The molecule has 0 aliphatic heterocycles. The quantitative estimate of drug-likeness (QED) is 0.809. The lowest BCUT2D eigenvalue weighted by molar-refractivity contribution is 0.350. The van der Waals surface area contributed by atoms with Gasteiger partial charge in [0.1, 0.15) is 0 Å². The minimum atomic E-state index is 0.254. The molecular formula is C12H21NS2. The summed E-state index contributed by atoms with van der Waals surface area (Å²) in [6.07, 6.45) is 1.04. The maximum absolute atomic E-state index is 6.20. The molecular weight excluding hydrogens is 222 g/mol. The normalized spacial score (nSPS) is 16.3. The lowest BCUT2D eigenvalue weighted by atomic mass is 9.87. The monoisotopic (exact) mass is 243 g/mol. The molecule has 15 heavy (non-hydrogen) atoms. The first-order chi connectivity index (χ1) is 6.95. The van der Waals surface area contributed by atoms with Crippen molar-refractivity contribution in [1.29, 1.82) is 0 Å². The Morgan fingerprint density at radius 3 is 2.53 bits per heavy atom. The van der Waals surface area contributed by atoms with E-state index in [1.165, 1.54) is 4.21 Å². The van der Waals surface area contributed by atoms with Gasteiger partial charge in [-0.3, -0.25) is 0 Å². The predicted molar refractivity (Wildman–Crippen MR) is 71.7 cm³/mol. The van der Waals surface area contributed by atoms with Crippen molar-refractivity contribution in [3.8, 4) is 0 Å².